The first-order chi connectivity index (χ1) is 10.1. The quantitative estimate of drug-likeness (QED) is 0.899. The molecule has 1 aliphatic carbocycles. The van der Waals surface area contributed by atoms with Crippen LogP contribution in [0.3, 0.4) is 0 Å². The van der Waals surface area contributed by atoms with Crippen molar-refractivity contribution in [2.24, 2.45) is 11.7 Å². The number of rotatable bonds is 3. The Labute approximate surface area is 125 Å². The predicted molar refractivity (Wildman–Crippen MR) is 81.1 cm³/mol. The molecule has 0 amide bonds. The van der Waals surface area contributed by atoms with Crippen LogP contribution in [-0.4, -0.2) is 28.7 Å². The van der Waals surface area contributed by atoms with E-state index < -0.39 is 5.60 Å². The smallest absolute Gasteiger partial charge is 0.123 e. The number of nitrogens with two attached hydrogens (primary N) is 1. The highest BCUT2D eigenvalue weighted by Gasteiger charge is 2.42. The van der Waals surface area contributed by atoms with E-state index in [4.69, 9.17) is 5.73 Å². The molecule has 2 atom stereocenters. The van der Waals surface area contributed by atoms with E-state index in [-0.39, 0.29) is 5.82 Å². The number of piperidine rings is 1. The Morgan fingerprint density at radius 2 is 2.05 bits per heavy atom. The summed E-state index contributed by atoms with van der Waals surface area (Å²) in [5.74, 6) is 0.168. The van der Waals surface area contributed by atoms with Gasteiger partial charge in [0.15, 0.2) is 0 Å². The van der Waals surface area contributed by atoms with Crippen LogP contribution in [0.15, 0.2) is 18.2 Å². The molecule has 116 valence electrons. The summed E-state index contributed by atoms with van der Waals surface area (Å²) >= 11 is 0. The van der Waals surface area contributed by atoms with Crippen LogP contribution in [0, 0.1) is 11.7 Å². The minimum absolute atomic E-state index is 0.209. The van der Waals surface area contributed by atoms with E-state index in [0.29, 0.717) is 12.5 Å². The molecule has 4 heteroatoms. The minimum atomic E-state index is -0.445. The number of likely N-dealkylation sites (tertiary alicyclic amines) is 1. The van der Waals surface area contributed by atoms with Crippen LogP contribution in [0.4, 0.5) is 4.39 Å². The van der Waals surface area contributed by atoms with Gasteiger partial charge in [-0.1, -0.05) is 18.9 Å². The van der Waals surface area contributed by atoms with Crippen molar-refractivity contribution in [1.82, 2.24) is 4.90 Å². The second-order valence-corrected chi connectivity index (χ2v) is 6.70. The average Bonchev–Trinajstić information content (AvgIpc) is 2.47. The third-order valence-electron chi connectivity index (χ3n) is 5.17. The lowest BCUT2D eigenvalue weighted by atomic mass is 9.71. The lowest BCUT2D eigenvalue weighted by Gasteiger charge is -2.47. The van der Waals surface area contributed by atoms with Gasteiger partial charge in [-0.05, 0) is 42.5 Å². The number of aliphatic hydroxyl groups is 1. The number of nitrogens with zero attached hydrogens (tertiary/aromatic N) is 1. The fraction of sp³-hybridized carbons (Fsp3) is 0.647. The maximum absolute atomic E-state index is 13.6. The van der Waals surface area contributed by atoms with Crippen molar-refractivity contribution in [2.45, 2.75) is 50.8 Å². The van der Waals surface area contributed by atoms with Gasteiger partial charge in [0, 0.05) is 32.1 Å². The number of fused-ring (bicyclic) bond motifs is 1. The van der Waals surface area contributed by atoms with Crippen molar-refractivity contribution in [3.05, 3.63) is 35.1 Å². The van der Waals surface area contributed by atoms with E-state index in [9.17, 15) is 9.50 Å². The Morgan fingerprint density at radius 1 is 1.24 bits per heavy atom. The van der Waals surface area contributed by atoms with Crippen molar-refractivity contribution in [3.8, 4) is 0 Å². The average molecular weight is 292 g/mol. The number of hydrogen-bond donors (Lipinski definition) is 2. The van der Waals surface area contributed by atoms with Gasteiger partial charge in [-0.3, -0.25) is 4.90 Å². The van der Waals surface area contributed by atoms with Crippen LogP contribution in [0.1, 0.15) is 43.2 Å². The number of benzene rings is 1. The molecule has 0 radical (unpaired) electrons. The van der Waals surface area contributed by atoms with E-state index >= 15 is 0 Å². The highest BCUT2D eigenvalue weighted by molar-refractivity contribution is 5.24. The standard InChI is InChI=1S/C17H25FN2O/c18-16-8-13(10-19)7-14(9-16)11-20-6-5-17(21)4-2-1-3-15(17)12-20/h7-9,15,21H,1-6,10-12,19H2. The summed E-state index contributed by atoms with van der Waals surface area (Å²) in [7, 11) is 0. The molecule has 0 aromatic heterocycles. The van der Waals surface area contributed by atoms with Gasteiger partial charge in [-0.25, -0.2) is 4.39 Å². The van der Waals surface area contributed by atoms with E-state index in [1.807, 2.05) is 6.07 Å². The van der Waals surface area contributed by atoms with Gasteiger partial charge in [0.1, 0.15) is 5.82 Å². The molecule has 3 nitrogen and oxygen atoms in total. The molecule has 3 N–H and O–H groups in total. The Morgan fingerprint density at radius 3 is 2.86 bits per heavy atom. The van der Waals surface area contributed by atoms with Crippen molar-refractivity contribution >= 4 is 0 Å². The van der Waals surface area contributed by atoms with Crippen LogP contribution < -0.4 is 5.73 Å². The van der Waals surface area contributed by atoms with Gasteiger partial charge >= 0.3 is 0 Å². The van der Waals surface area contributed by atoms with Crippen molar-refractivity contribution in [1.29, 1.82) is 0 Å². The first-order valence-corrected chi connectivity index (χ1v) is 8.02. The Kier molecular flexibility index (Phi) is 4.29. The molecule has 2 fully saturated rings. The Bertz CT molecular complexity index is 508. The molecule has 1 aliphatic heterocycles. The number of halogens is 1. The Balaban J connectivity index is 1.67. The molecule has 1 saturated carbocycles. The molecular formula is C17H25FN2O. The lowest BCUT2D eigenvalue weighted by Crippen LogP contribution is -2.52. The zero-order valence-electron chi connectivity index (χ0n) is 12.5. The van der Waals surface area contributed by atoms with E-state index in [1.54, 1.807) is 6.07 Å². The van der Waals surface area contributed by atoms with Gasteiger partial charge < -0.3 is 10.8 Å². The summed E-state index contributed by atoms with van der Waals surface area (Å²) in [6, 6.07) is 5.09. The molecule has 0 spiro atoms. The van der Waals surface area contributed by atoms with E-state index in [0.717, 1.165) is 56.4 Å². The highest BCUT2D eigenvalue weighted by atomic mass is 19.1. The summed E-state index contributed by atoms with van der Waals surface area (Å²) in [6.07, 6.45) is 5.28. The van der Waals surface area contributed by atoms with Gasteiger partial charge in [0.25, 0.3) is 0 Å². The first-order valence-electron chi connectivity index (χ1n) is 8.02. The summed E-state index contributed by atoms with van der Waals surface area (Å²) in [5, 5.41) is 10.7. The van der Waals surface area contributed by atoms with Crippen molar-refractivity contribution in [3.63, 3.8) is 0 Å². The van der Waals surface area contributed by atoms with Crippen molar-refractivity contribution < 1.29 is 9.50 Å². The molecule has 21 heavy (non-hydrogen) atoms. The molecule has 2 unspecified atom stereocenters. The molecule has 1 saturated heterocycles. The van der Waals surface area contributed by atoms with E-state index in [1.165, 1.54) is 12.5 Å². The maximum atomic E-state index is 13.6. The predicted octanol–water partition coefficient (Wildman–Crippen LogP) is 2.41. The zero-order valence-corrected chi connectivity index (χ0v) is 12.5. The van der Waals surface area contributed by atoms with Gasteiger partial charge in [-0.15, -0.1) is 0 Å². The summed E-state index contributed by atoms with van der Waals surface area (Å²) in [4.78, 5) is 2.35. The lowest BCUT2D eigenvalue weighted by molar-refractivity contribution is -0.0968. The fourth-order valence-corrected chi connectivity index (χ4v) is 3.97. The molecular weight excluding hydrogens is 267 g/mol. The first kappa shape index (κ1) is 14.9. The monoisotopic (exact) mass is 292 g/mol. The van der Waals surface area contributed by atoms with Gasteiger partial charge in [-0.2, -0.15) is 0 Å². The van der Waals surface area contributed by atoms with Gasteiger partial charge in [0.2, 0.25) is 0 Å². The molecule has 3 rings (SSSR count). The molecule has 1 aromatic rings. The van der Waals surface area contributed by atoms with Gasteiger partial charge in [0.05, 0.1) is 5.60 Å². The maximum Gasteiger partial charge on any atom is 0.123 e. The van der Waals surface area contributed by atoms with Crippen LogP contribution >= 0.6 is 0 Å². The highest BCUT2D eigenvalue weighted by Crippen LogP contribution is 2.40. The molecule has 1 aromatic carbocycles. The Hall–Kier alpha value is -0.970. The normalized spacial score (nSPS) is 30.1. The second-order valence-electron chi connectivity index (χ2n) is 6.70. The van der Waals surface area contributed by atoms with E-state index in [2.05, 4.69) is 4.90 Å². The van der Waals surface area contributed by atoms with Crippen molar-refractivity contribution in [2.75, 3.05) is 13.1 Å². The third-order valence-corrected chi connectivity index (χ3v) is 5.17. The van der Waals surface area contributed by atoms with Crippen LogP contribution in [0.5, 0.6) is 0 Å². The third kappa shape index (κ3) is 3.28. The van der Waals surface area contributed by atoms with Crippen LogP contribution in [0.25, 0.3) is 0 Å². The van der Waals surface area contributed by atoms with Crippen LogP contribution in [0.2, 0.25) is 0 Å². The summed E-state index contributed by atoms with van der Waals surface area (Å²) in [5.41, 5.74) is 6.99. The fourth-order valence-electron chi connectivity index (χ4n) is 3.97. The molecule has 0 bridgehead atoms. The minimum Gasteiger partial charge on any atom is -0.390 e. The largest absolute Gasteiger partial charge is 0.390 e. The topological polar surface area (TPSA) is 49.5 Å². The molecule has 2 aliphatic rings. The summed E-state index contributed by atoms with van der Waals surface area (Å²) < 4.78 is 13.6. The SMILES string of the molecule is NCc1cc(F)cc(CN2CCC3(O)CCCCC3C2)c1. The van der Waals surface area contributed by atoms with Crippen LogP contribution in [-0.2, 0) is 13.1 Å². The number of hydrogen-bond acceptors (Lipinski definition) is 3. The summed E-state index contributed by atoms with van der Waals surface area (Å²) in [6.45, 7) is 2.93. The zero-order chi connectivity index (χ0) is 14.9. The molecule has 1 heterocycles. The second kappa shape index (κ2) is 6.03.